The van der Waals surface area contributed by atoms with E-state index in [0.717, 1.165) is 35.0 Å². The largest absolute Gasteiger partial charge is 0.388 e. The van der Waals surface area contributed by atoms with Crippen LogP contribution >= 0.6 is 0 Å². The Bertz CT molecular complexity index is 1380. The Hall–Kier alpha value is -2.68. The number of aryl methyl sites for hydroxylation is 1. The number of fused-ring (bicyclic) bond motifs is 1. The fourth-order valence-electron chi connectivity index (χ4n) is 6.11. The molecule has 2 fully saturated rings. The maximum absolute atomic E-state index is 13.3. The molecule has 2 aliphatic rings. The van der Waals surface area contributed by atoms with Crippen LogP contribution in [0.2, 0.25) is 0 Å². The highest BCUT2D eigenvalue weighted by Gasteiger charge is 2.41. The van der Waals surface area contributed by atoms with Crippen molar-refractivity contribution in [1.29, 1.82) is 0 Å². The van der Waals surface area contributed by atoms with E-state index < -0.39 is 15.6 Å². The minimum absolute atomic E-state index is 0.106. The van der Waals surface area contributed by atoms with Gasteiger partial charge in [-0.1, -0.05) is 36.4 Å². The number of likely N-dealkylation sites (tertiary alicyclic amines) is 1. The Morgan fingerprint density at radius 1 is 1.00 bits per heavy atom. The second-order valence-corrected chi connectivity index (χ2v) is 12.9. The molecule has 198 valence electrons. The van der Waals surface area contributed by atoms with Crippen LogP contribution in [0.5, 0.6) is 0 Å². The molecule has 1 aliphatic heterocycles. The highest BCUT2D eigenvalue weighted by Crippen LogP contribution is 2.33. The number of carbonyl (C=O) groups is 1. The predicted molar refractivity (Wildman–Crippen MR) is 145 cm³/mol. The second-order valence-electron chi connectivity index (χ2n) is 11.2. The fourth-order valence-corrected chi connectivity index (χ4v) is 7.43. The van der Waals surface area contributed by atoms with E-state index in [1.165, 1.54) is 0 Å². The summed E-state index contributed by atoms with van der Waals surface area (Å²) in [5.41, 5.74) is 2.06. The smallest absolute Gasteiger partial charge is 0.240 e. The van der Waals surface area contributed by atoms with Crippen LogP contribution in [-0.4, -0.2) is 53.1 Å². The quantitative estimate of drug-likeness (QED) is 0.500. The van der Waals surface area contributed by atoms with Gasteiger partial charge in [-0.15, -0.1) is 0 Å². The van der Waals surface area contributed by atoms with Crippen LogP contribution in [0.1, 0.15) is 52.4 Å². The summed E-state index contributed by atoms with van der Waals surface area (Å²) < 4.78 is 31.5. The lowest BCUT2D eigenvalue weighted by Gasteiger charge is -2.37. The number of nitrogens with zero attached hydrogens (tertiary/aromatic N) is 2. The van der Waals surface area contributed by atoms with Crippen LogP contribution in [0.4, 0.5) is 0 Å². The topological polar surface area (TPSA) is 91.6 Å². The first-order valence-electron chi connectivity index (χ1n) is 13.2. The van der Waals surface area contributed by atoms with Gasteiger partial charge in [0.15, 0.2) is 0 Å². The van der Waals surface area contributed by atoms with E-state index in [4.69, 9.17) is 0 Å². The van der Waals surface area contributed by atoms with Gasteiger partial charge in [0.25, 0.3) is 0 Å². The van der Waals surface area contributed by atoms with Gasteiger partial charge in [-0.05, 0) is 76.1 Å². The third kappa shape index (κ3) is 5.19. The molecule has 3 aromatic rings. The van der Waals surface area contributed by atoms with Crippen LogP contribution in [0.15, 0.2) is 59.5 Å². The molecule has 0 bridgehead atoms. The molecule has 5 rings (SSSR count). The van der Waals surface area contributed by atoms with Crippen molar-refractivity contribution in [2.45, 2.75) is 75.0 Å². The van der Waals surface area contributed by atoms with E-state index in [9.17, 15) is 18.3 Å². The summed E-state index contributed by atoms with van der Waals surface area (Å²) in [6, 6.07) is 17.1. The van der Waals surface area contributed by atoms with Crippen LogP contribution in [0.3, 0.4) is 0 Å². The van der Waals surface area contributed by atoms with Gasteiger partial charge in [-0.3, -0.25) is 4.79 Å². The van der Waals surface area contributed by atoms with Crippen molar-refractivity contribution >= 4 is 26.8 Å². The number of rotatable bonds is 6. The van der Waals surface area contributed by atoms with Crippen molar-refractivity contribution in [1.82, 2.24) is 14.2 Å². The summed E-state index contributed by atoms with van der Waals surface area (Å²) in [6.45, 7) is 4.22. The van der Waals surface area contributed by atoms with Gasteiger partial charge in [0.2, 0.25) is 15.9 Å². The lowest BCUT2D eigenvalue weighted by Crippen LogP contribution is -2.50. The van der Waals surface area contributed by atoms with Crippen LogP contribution in [0.25, 0.3) is 22.2 Å². The van der Waals surface area contributed by atoms with Crippen molar-refractivity contribution < 1.29 is 18.3 Å². The van der Waals surface area contributed by atoms with Crippen molar-refractivity contribution in [3.05, 3.63) is 54.6 Å². The molecule has 1 saturated carbocycles. The van der Waals surface area contributed by atoms with Gasteiger partial charge in [-0.2, -0.15) is 0 Å². The Kier molecular flexibility index (Phi) is 6.94. The summed E-state index contributed by atoms with van der Waals surface area (Å²) in [5.74, 6) is -0.00542. The SMILES string of the molecule is Cn1c(-c2ccccc2)cc2ccc(S(=O)(=O)NC3CCC(C(=O)N4CCC[C@@H]4C(C)(C)O)CC3)cc21. The molecular formula is C29H37N3O4S. The first-order valence-corrected chi connectivity index (χ1v) is 14.7. The standard InChI is InChI=1S/C29H37N3O4S/c1-29(2,34)27-10-7-17-32(27)28(33)21-11-14-23(15-12-21)30-37(35,36)24-16-13-22-18-25(31(3)26(22)19-24)20-8-5-4-6-9-20/h4-6,8-9,13,16,18-19,21,23,27,30,34H,7,10-12,14-15,17H2,1-3H3/t21?,23?,27-/m1/s1. The van der Waals surface area contributed by atoms with Crippen LogP contribution in [-0.2, 0) is 21.9 Å². The molecule has 0 spiro atoms. The number of sulfonamides is 1. The van der Waals surface area contributed by atoms with Gasteiger partial charge in [0.05, 0.1) is 16.5 Å². The molecule has 1 amide bonds. The van der Waals surface area contributed by atoms with E-state index in [1.807, 2.05) is 52.9 Å². The summed E-state index contributed by atoms with van der Waals surface area (Å²) >= 11 is 0. The monoisotopic (exact) mass is 523 g/mol. The van der Waals surface area contributed by atoms with E-state index >= 15 is 0 Å². The van der Waals surface area contributed by atoms with E-state index in [1.54, 1.807) is 26.0 Å². The van der Waals surface area contributed by atoms with Gasteiger partial charge in [0, 0.05) is 42.1 Å². The molecule has 2 N–H and O–H groups in total. The van der Waals surface area contributed by atoms with Crippen LogP contribution < -0.4 is 4.72 Å². The molecule has 8 heteroatoms. The molecule has 1 aromatic heterocycles. The average molecular weight is 524 g/mol. The summed E-state index contributed by atoms with van der Waals surface area (Å²) in [6.07, 6.45) is 4.29. The number of carbonyl (C=O) groups excluding carboxylic acids is 1. The normalized spacial score (nSPS) is 23.0. The second kappa shape index (κ2) is 9.89. The third-order valence-corrected chi connectivity index (χ3v) is 9.66. The molecule has 2 aromatic carbocycles. The van der Waals surface area contributed by atoms with Crippen molar-refractivity contribution in [3.63, 3.8) is 0 Å². The molecule has 7 nitrogen and oxygen atoms in total. The Balaban J connectivity index is 1.26. The Labute approximate surface area is 219 Å². The highest BCUT2D eigenvalue weighted by molar-refractivity contribution is 7.89. The average Bonchev–Trinajstić information content (AvgIpc) is 3.50. The van der Waals surface area contributed by atoms with E-state index in [-0.39, 0.29) is 28.8 Å². The lowest BCUT2D eigenvalue weighted by molar-refractivity contribution is -0.142. The van der Waals surface area contributed by atoms with Crippen molar-refractivity contribution in [3.8, 4) is 11.3 Å². The molecule has 2 heterocycles. The molecule has 37 heavy (non-hydrogen) atoms. The van der Waals surface area contributed by atoms with Gasteiger partial charge < -0.3 is 14.6 Å². The van der Waals surface area contributed by atoms with Gasteiger partial charge >= 0.3 is 0 Å². The zero-order valence-electron chi connectivity index (χ0n) is 21.9. The summed E-state index contributed by atoms with van der Waals surface area (Å²) in [7, 11) is -1.74. The zero-order chi connectivity index (χ0) is 26.4. The van der Waals surface area contributed by atoms with Gasteiger partial charge in [0.1, 0.15) is 0 Å². The minimum atomic E-state index is -3.70. The lowest BCUT2D eigenvalue weighted by atomic mass is 9.85. The zero-order valence-corrected chi connectivity index (χ0v) is 22.7. The number of aromatic nitrogens is 1. The fraction of sp³-hybridized carbons (Fsp3) is 0.483. The van der Waals surface area contributed by atoms with Gasteiger partial charge in [-0.25, -0.2) is 13.1 Å². The summed E-state index contributed by atoms with van der Waals surface area (Å²) in [5, 5.41) is 11.5. The first kappa shape index (κ1) is 25.9. The number of hydrogen-bond acceptors (Lipinski definition) is 4. The Morgan fingerprint density at radius 2 is 1.70 bits per heavy atom. The maximum Gasteiger partial charge on any atom is 0.240 e. The first-order chi connectivity index (χ1) is 17.5. The molecule has 0 radical (unpaired) electrons. The number of benzene rings is 2. The highest BCUT2D eigenvalue weighted by atomic mass is 32.2. The molecule has 1 saturated heterocycles. The number of amides is 1. The molecule has 0 unspecified atom stereocenters. The maximum atomic E-state index is 13.3. The molecular weight excluding hydrogens is 486 g/mol. The summed E-state index contributed by atoms with van der Waals surface area (Å²) in [4.78, 5) is 15.3. The molecule has 1 atom stereocenters. The van der Waals surface area contributed by atoms with Crippen molar-refractivity contribution in [2.24, 2.45) is 13.0 Å². The third-order valence-electron chi connectivity index (χ3n) is 8.15. The van der Waals surface area contributed by atoms with E-state index in [0.29, 0.717) is 32.2 Å². The number of nitrogens with one attached hydrogen (secondary N) is 1. The number of hydrogen-bond donors (Lipinski definition) is 2. The number of aliphatic hydroxyl groups is 1. The minimum Gasteiger partial charge on any atom is -0.388 e. The Morgan fingerprint density at radius 3 is 2.38 bits per heavy atom. The van der Waals surface area contributed by atoms with Crippen LogP contribution in [0, 0.1) is 5.92 Å². The van der Waals surface area contributed by atoms with Crippen molar-refractivity contribution in [2.75, 3.05) is 6.54 Å². The molecule has 1 aliphatic carbocycles. The predicted octanol–water partition coefficient (Wildman–Crippen LogP) is 4.44. The van der Waals surface area contributed by atoms with E-state index in [2.05, 4.69) is 10.8 Å².